The van der Waals surface area contributed by atoms with Crippen LogP contribution in [0.15, 0.2) is 54.6 Å². The molecule has 1 N–H and O–H groups in total. The Morgan fingerprint density at radius 2 is 1.77 bits per heavy atom. The fourth-order valence-corrected chi connectivity index (χ4v) is 5.36. The number of amides is 2. The van der Waals surface area contributed by atoms with E-state index in [-0.39, 0.29) is 33.5 Å². The second-order valence-corrected chi connectivity index (χ2v) is 10.3. The highest BCUT2D eigenvalue weighted by molar-refractivity contribution is 7.11. The van der Waals surface area contributed by atoms with E-state index in [2.05, 4.69) is 9.69 Å². The van der Waals surface area contributed by atoms with Crippen molar-refractivity contribution in [3.63, 3.8) is 0 Å². The van der Waals surface area contributed by atoms with Crippen LogP contribution in [0.5, 0.6) is 5.75 Å². The van der Waals surface area contributed by atoms with Gasteiger partial charge in [0.15, 0.2) is 5.69 Å². The van der Waals surface area contributed by atoms with Crippen molar-refractivity contribution in [1.82, 2.24) is 14.6 Å². The molecule has 0 bridgehead atoms. The van der Waals surface area contributed by atoms with Crippen LogP contribution >= 0.6 is 34.7 Å². The third-order valence-corrected chi connectivity index (χ3v) is 7.81. The average molecular weight is 532 g/mol. The molecular weight excluding hydrogens is 505 g/mol. The Hall–Kier alpha value is -2.61. The van der Waals surface area contributed by atoms with Gasteiger partial charge in [0.05, 0.1) is 7.11 Å². The lowest BCUT2D eigenvalue weighted by molar-refractivity contribution is -0.127. The van der Waals surface area contributed by atoms with Crippen LogP contribution in [0.4, 0.5) is 0 Å². The van der Waals surface area contributed by atoms with Gasteiger partial charge < -0.3 is 15.0 Å². The molecule has 2 amide bonds. The van der Waals surface area contributed by atoms with Gasteiger partial charge in [-0.2, -0.15) is 4.37 Å². The SMILES string of the molecule is COc1ccc([C@H](C(=O)NC2CCCCC2)N(Cc2ccccc2)C(=O)c2nsc(Cl)c2Cl)cc1. The number of nitrogens with one attached hydrogen (secondary N) is 1. The van der Waals surface area contributed by atoms with Gasteiger partial charge >= 0.3 is 0 Å². The lowest BCUT2D eigenvalue weighted by Gasteiger charge is -2.33. The zero-order valence-electron chi connectivity index (χ0n) is 19.4. The van der Waals surface area contributed by atoms with Crippen molar-refractivity contribution < 1.29 is 14.3 Å². The van der Waals surface area contributed by atoms with E-state index in [9.17, 15) is 9.59 Å². The Labute approximate surface area is 219 Å². The Morgan fingerprint density at radius 1 is 1.09 bits per heavy atom. The number of ether oxygens (including phenoxy) is 1. The first kappa shape index (κ1) is 25.5. The molecule has 184 valence electrons. The Balaban J connectivity index is 1.75. The van der Waals surface area contributed by atoms with E-state index < -0.39 is 11.9 Å². The van der Waals surface area contributed by atoms with Crippen LogP contribution in [0.2, 0.25) is 9.36 Å². The van der Waals surface area contributed by atoms with Crippen LogP contribution < -0.4 is 10.1 Å². The summed E-state index contributed by atoms with van der Waals surface area (Å²) in [4.78, 5) is 29.2. The molecule has 0 saturated heterocycles. The predicted molar refractivity (Wildman–Crippen MR) is 139 cm³/mol. The van der Waals surface area contributed by atoms with E-state index in [4.69, 9.17) is 27.9 Å². The van der Waals surface area contributed by atoms with Gasteiger partial charge in [-0.05, 0) is 47.6 Å². The normalized spacial score (nSPS) is 14.8. The van der Waals surface area contributed by atoms with Crippen LogP contribution in [0.25, 0.3) is 0 Å². The largest absolute Gasteiger partial charge is 0.497 e. The number of methoxy groups -OCH3 is 1. The highest BCUT2D eigenvalue weighted by Gasteiger charge is 2.35. The molecule has 1 aliphatic rings. The van der Waals surface area contributed by atoms with Crippen LogP contribution in [-0.2, 0) is 11.3 Å². The summed E-state index contributed by atoms with van der Waals surface area (Å²) in [6.07, 6.45) is 5.20. The molecule has 4 rings (SSSR count). The van der Waals surface area contributed by atoms with Crippen molar-refractivity contribution in [2.24, 2.45) is 0 Å². The number of carbonyl (C=O) groups excluding carboxylic acids is 2. The molecule has 6 nitrogen and oxygen atoms in total. The number of carbonyl (C=O) groups is 2. The Bertz CT molecular complexity index is 1150. The summed E-state index contributed by atoms with van der Waals surface area (Å²) in [6, 6.07) is 15.9. The molecule has 0 radical (unpaired) electrons. The fraction of sp³-hybridized carbons (Fsp3) is 0.346. The van der Waals surface area contributed by atoms with Gasteiger partial charge in [0.1, 0.15) is 21.2 Å². The molecule has 1 aliphatic carbocycles. The zero-order chi connectivity index (χ0) is 24.8. The van der Waals surface area contributed by atoms with E-state index in [1.165, 1.54) is 11.3 Å². The minimum Gasteiger partial charge on any atom is -0.497 e. The van der Waals surface area contributed by atoms with Crippen molar-refractivity contribution in [1.29, 1.82) is 0 Å². The summed E-state index contributed by atoms with van der Waals surface area (Å²) >= 11 is 13.4. The Morgan fingerprint density at radius 3 is 2.37 bits per heavy atom. The number of benzene rings is 2. The maximum atomic E-state index is 13.8. The van der Waals surface area contributed by atoms with Crippen molar-refractivity contribution in [3.8, 4) is 5.75 Å². The number of halogens is 2. The average Bonchev–Trinajstić information content (AvgIpc) is 3.22. The topological polar surface area (TPSA) is 71.5 Å². The molecule has 0 aliphatic heterocycles. The maximum absolute atomic E-state index is 13.8. The molecule has 0 unspecified atom stereocenters. The minimum absolute atomic E-state index is 0.0431. The van der Waals surface area contributed by atoms with Gasteiger partial charge in [0.2, 0.25) is 5.91 Å². The smallest absolute Gasteiger partial charge is 0.276 e. The van der Waals surface area contributed by atoms with E-state index in [1.807, 2.05) is 42.5 Å². The fourth-order valence-electron chi connectivity index (χ4n) is 4.37. The Kier molecular flexibility index (Phi) is 8.65. The van der Waals surface area contributed by atoms with Crippen molar-refractivity contribution in [2.75, 3.05) is 7.11 Å². The number of rotatable bonds is 8. The number of aromatic nitrogens is 1. The summed E-state index contributed by atoms with van der Waals surface area (Å²) in [5, 5.41) is 3.30. The van der Waals surface area contributed by atoms with Gasteiger partial charge in [-0.15, -0.1) is 0 Å². The summed E-state index contributed by atoms with van der Waals surface area (Å²) in [6.45, 7) is 0.194. The van der Waals surface area contributed by atoms with Crippen LogP contribution in [0, 0.1) is 0 Å². The van der Waals surface area contributed by atoms with Crippen LogP contribution in [0.3, 0.4) is 0 Å². The number of nitrogens with zero attached hydrogens (tertiary/aromatic N) is 2. The summed E-state index contributed by atoms with van der Waals surface area (Å²) in [7, 11) is 1.58. The van der Waals surface area contributed by atoms with Gasteiger partial charge in [0.25, 0.3) is 5.91 Å². The third-order valence-electron chi connectivity index (χ3n) is 6.20. The molecule has 1 heterocycles. The first-order valence-electron chi connectivity index (χ1n) is 11.6. The highest BCUT2D eigenvalue weighted by atomic mass is 35.5. The summed E-state index contributed by atoms with van der Waals surface area (Å²) < 4.78 is 9.73. The van der Waals surface area contributed by atoms with Gasteiger partial charge in [-0.25, -0.2) is 0 Å². The molecule has 1 saturated carbocycles. The van der Waals surface area contributed by atoms with E-state index >= 15 is 0 Å². The monoisotopic (exact) mass is 531 g/mol. The predicted octanol–water partition coefficient (Wildman–Crippen LogP) is 6.29. The van der Waals surface area contributed by atoms with Gasteiger partial charge in [-0.1, -0.05) is 84.9 Å². The van der Waals surface area contributed by atoms with Crippen molar-refractivity contribution >= 4 is 46.5 Å². The third kappa shape index (κ3) is 6.15. The van der Waals surface area contributed by atoms with Gasteiger partial charge in [0, 0.05) is 12.6 Å². The first-order chi connectivity index (χ1) is 17.0. The van der Waals surface area contributed by atoms with E-state index in [0.29, 0.717) is 11.3 Å². The van der Waals surface area contributed by atoms with Crippen LogP contribution in [-0.4, -0.2) is 34.2 Å². The second kappa shape index (κ2) is 11.9. The van der Waals surface area contributed by atoms with Crippen LogP contribution in [0.1, 0.15) is 59.8 Å². The van der Waals surface area contributed by atoms with Gasteiger partial charge in [-0.3, -0.25) is 9.59 Å². The second-order valence-electron chi connectivity index (χ2n) is 8.56. The first-order valence-corrected chi connectivity index (χ1v) is 13.1. The zero-order valence-corrected chi connectivity index (χ0v) is 21.7. The maximum Gasteiger partial charge on any atom is 0.276 e. The molecule has 0 spiro atoms. The van der Waals surface area contributed by atoms with E-state index in [1.54, 1.807) is 19.2 Å². The van der Waals surface area contributed by atoms with Crippen molar-refractivity contribution in [2.45, 2.75) is 50.7 Å². The molecule has 1 atom stereocenters. The molecule has 2 aromatic carbocycles. The van der Waals surface area contributed by atoms with E-state index in [0.717, 1.165) is 42.8 Å². The molecule has 1 aromatic heterocycles. The number of hydrogen-bond donors (Lipinski definition) is 1. The molecule has 3 aromatic rings. The molecule has 35 heavy (non-hydrogen) atoms. The number of hydrogen-bond acceptors (Lipinski definition) is 5. The lowest BCUT2D eigenvalue weighted by atomic mass is 9.94. The minimum atomic E-state index is -0.896. The molecule has 1 fully saturated rings. The highest BCUT2D eigenvalue weighted by Crippen LogP contribution is 2.34. The standard InChI is InChI=1S/C26H27Cl2N3O3S/c1-34-20-14-12-18(13-15-20)23(25(32)29-19-10-6-3-7-11-19)31(16-17-8-4-2-5-9-17)26(33)22-21(27)24(28)35-30-22/h2,4-5,8-9,12-15,19,23H,3,6-7,10-11,16H2,1H3,(H,29,32)/t23-/m1/s1. The van der Waals surface area contributed by atoms with Crippen molar-refractivity contribution in [3.05, 3.63) is 80.8 Å². The lowest BCUT2D eigenvalue weighted by Crippen LogP contribution is -2.47. The summed E-state index contributed by atoms with van der Waals surface area (Å²) in [5.41, 5.74) is 1.59. The summed E-state index contributed by atoms with van der Waals surface area (Å²) in [5.74, 6) is -0.0270. The molecule has 9 heteroatoms. The molecular formula is C26H27Cl2N3O3S. The quantitative estimate of drug-likeness (QED) is 0.370.